The maximum Gasteiger partial charge on any atom is 0.221 e. The predicted octanol–water partition coefficient (Wildman–Crippen LogP) is 2.96. The van der Waals surface area contributed by atoms with Gasteiger partial charge in [0, 0.05) is 11.8 Å². The number of hydrogen-bond acceptors (Lipinski definition) is 4. The van der Waals surface area contributed by atoms with Gasteiger partial charge in [-0.2, -0.15) is 0 Å². The molecule has 6 heteroatoms. The van der Waals surface area contributed by atoms with Gasteiger partial charge < -0.3 is 5.11 Å². The molecule has 0 aromatic carbocycles. The van der Waals surface area contributed by atoms with Gasteiger partial charge in [0.15, 0.2) is 17.3 Å². The molecule has 0 spiro atoms. The number of halogens is 2. The molecule has 0 aliphatic heterocycles. The van der Waals surface area contributed by atoms with Crippen molar-refractivity contribution in [2.45, 2.75) is 50.6 Å². The highest BCUT2D eigenvalue weighted by Crippen LogP contribution is 2.68. The molecule has 4 aliphatic rings. The lowest BCUT2D eigenvalue weighted by atomic mass is 9.47. The number of fused-ring (bicyclic) bond motifs is 5. The number of aliphatic hydroxyl groups is 1. The second kappa shape index (κ2) is 5.84. The molecule has 0 amide bonds. The Balaban J connectivity index is 1.81. The summed E-state index contributed by atoms with van der Waals surface area (Å²) in [6, 6.07) is 0. The molecule has 7 atom stereocenters. The van der Waals surface area contributed by atoms with Crippen molar-refractivity contribution in [1.29, 1.82) is 0 Å². The summed E-state index contributed by atoms with van der Waals surface area (Å²) in [7, 11) is 0. The molecule has 2 fully saturated rings. The van der Waals surface area contributed by atoms with E-state index in [2.05, 4.69) is 6.92 Å². The first-order valence-corrected chi connectivity index (χ1v) is 9.94. The van der Waals surface area contributed by atoms with Crippen LogP contribution in [0, 0.1) is 28.6 Å². The molecule has 4 aliphatic carbocycles. The molecule has 0 aromatic heterocycles. The van der Waals surface area contributed by atoms with E-state index in [9.17, 15) is 23.9 Å². The van der Waals surface area contributed by atoms with Crippen LogP contribution in [0.15, 0.2) is 23.8 Å². The van der Waals surface area contributed by atoms with Gasteiger partial charge in [-0.3, -0.25) is 14.4 Å². The number of allylic oxidation sites excluding steroid dienone is 4. The Labute approximate surface area is 162 Å². The topological polar surface area (TPSA) is 71.4 Å². The first-order valence-electron chi connectivity index (χ1n) is 9.56. The highest BCUT2D eigenvalue weighted by molar-refractivity contribution is 6.30. The van der Waals surface area contributed by atoms with Crippen molar-refractivity contribution in [3.63, 3.8) is 0 Å². The number of alkyl halides is 2. The number of hydrogen-bond donors (Lipinski definition) is 1. The average Bonchev–Trinajstić information content (AvgIpc) is 2.99. The Morgan fingerprint density at radius 1 is 1.30 bits per heavy atom. The predicted molar refractivity (Wildman–Crippen MR) is 98.0 cm³/mol. The highest BCUT2D eigenvalue weighted by atomic mass is 35.5. The summed E-state index contributed by atoms with van der Waals surface area (Å²) in [5.41, 5.74) is -1.07. The number of ketones is 3. The highest BCUT2D eigenvalue weighted by Gasteiger charge is 2.68. The van der Waals surface area contributed by atoms with Gasteiger partial charge in [-0.25, -0.2) is 4.39 Å². The molecule has 0 aromatic rings. The molecule has 27 heavy (non-hydrogen) atoms. The van der Waals surface area contributed by atoms with E-state index in [0.717, 1.165) is 6.42 Å². The lowest BCUT2D eigenvalue weighted by Gasteiger charge is -2.59. The first-order chi connectivity index (χ1) is 12.6. The number of aliphatic hydroxyl groups excluding tert-OH is 1. The van der Waals surface area contributed by atoms with Crippen molar-refractivity contribution in [2.24, 2.45) is 28.6 Å². The van der Waals surface area contributed by atoms with Gasteiger partial charge in [-0.15, -0.1) is 11.6 Å². The van der Waals surface area contributed by atoms with Gasteiger partial charge in [0.25, 0.3) is 0 Å². The van der Waals surface area contributed by atoms with Crippen molar-refractivity contribution in [3.05, 3.63) is 23.8 Å². The second-order valence-corrected chi connectivity index (χ2v) is 9.64. The largest absolute Gasteiger partial charge is 0.389 e. The molecule has 4 nitrogen and oxygen atoms in total. The van der Waals surface area contributed by atoms with Gasteiger partial charge in [0.1, 0.15) is 6.61 Å². The fourth-order valence-electron chi connectivity index (χ4n) is 6.42. The monoisotopic (exact) mass is 394 g/mol. The summed E-state index contributed by atoms with van der Waals surface area (Å²) in [6.45, 7) is 3.27. The van der Waals surface area contributed by atoms with Crippen LogP contribution in [-0.2, 0) is 14.4 Å². The normalized spacial score (nSPS) is 48.6. The van der Waals surface area contributed by atoms with Crippen LogP contribution in [0.4, 0.5) is 4.39 Å². The van der Waals surface area contributed by atoms with Crippen LogP contribution in [0.2, 0.25) is 0 Å². The van der Waals surface area contributed by atoms with Gasteiger partial charge in [-0.1, -0.05) is 19.1 Å². The fraction of sp³-hybridized carbons (Fsp3) is 0.667. The maximum absolute atomic E-state index is 14.4. The van der Waals surface area contributed by atoms with E-state index in [1.807, 2.05) is 6.08 Å². The maximum atomic E-state index is 14.4. The number of carbonyl (C=O) groups excluding carboxylic acids is 3. The minimum Gasteiger partial charge on any atom is -0.389 e. The quantitative estimate of drug-likeness (QED) is 0.577. The van der Waals surface area contributed by atoms with Gasteiger partial charge >= 0.3 is 0 Å². The lowest BCUT2D eigenvalue weighted by Crippen LogP contribution is -2.63. The fourth-order valence-corrected chi connectivity index (χ4v) is 6.94. The smallest absolute Gasteiger partial charge is 0.221 e. The molecule has 146 valence electrons. The van der Waals surface area contributed by atoms with Crippen molar-refractivity contribution in [3.8, 4) is 0 Å². The van der Waals surface area contributed by atoms with Crippen molar-refractivity contribution < 1.29 is 23.9 Å². The molecular weight excluding hydrogens is 371 g/mol. The van der Waals surface area contributed by atoms with Crippen LogP contribution in [-0.4, -0.2) is 40.1 Å². The number of rotatable bonds is 2. The molecular formula is C21H24ClFO4. The van der Waals surface area contributed by atoms with E-state index >= 15 is 0 Å². The minimum absolute atomic E-state index is 0.0716. The first kappa shape index (κ1) is 19.0. The standard InChI is InChI=1S/C21H24ClFO4/c1-19-7-8-21(22)13(12(19)5-6-14(19)16(26)10-24)4-3-11-9-15(25)17(23)18(27)20(11,21)2/h3-4,9,12-14,17,24H,5-8,10H2,1-2H3/t12-,13-,14+,17?,19-,20+,21+/m0/s1. The zero-order valence-electron chi connectivity index (χ0n) is 15.5. The summed E-state index contributed by atoms with van der Waals surface area (Å²) in [4.78, 5) is 36.0. The molecule has 4 rings (SSSR count). The summed E-state index contributed by atoms with van der Waals surface area (Å²) in [6.07, 6.45) is 5.31. The molecule has 2 saturated carbocycles. The number of Topliss-reactive ketones (excluding diaryl/α,β-unsaturated/α-hetero) is 2. The zero-order valence-corrected chi connectivity index (χ0v) is 16.3. The minimum atomic E-state index is -2.16. The van der Waals surface area contributed by atoms with Gasteiger partial charge in [0.2, 0.25) is 6.17 Å². The third-order valence-electron chi connectivity index (χ3n) is 8.11. The third kappa shape index (κ3) is 2.16. The van der Waals surface area contributed by atoms with Crippen LogP contribution in [0.25, 0.3) is 0 Å². The van der Waals surface area contributed by atoms with E-state index in [0.29, 0.717) is 24.8 Å². The molecule has 0 bridgehead atoms. The molecule has 1 N–H and O–H groups in total. The Morgan fingerprint density at radius 3 is 2.67 bits per heavy atom. The van der Waals surface area contributed by atoms with Crippen molar-refractivity contribution in [1.82, 2.24) is 0 Å². The summed E-state index contributed by atoms with van der Waals surface area (Å²) in [5, 5.41) is 9.35. The van der Waals surface area contributed by atoms with Crippen LogP contribution in [0.3, 0.4) is 0 Å². The summed E-state index contributed by atoms with van der Waals surface area (Å²) < 4.78 is 14.4. The van der Waals surface area contributed by atoms with E-state index in [4.69, 9.17) is 11.6 Å². The van der Waals surface area contributed by atoms with E-state index < -0.39 is 34.6 Å². The third-order valence-corrected chi connectivity index (χ3v) is 8.92. The molecule has 1 unspecified atom stereocenters. The Kier molecular flexibility index (Phi) is 4.11. The Hall–Kier alpha value is -1.33. The molecule has 0 radical (unpaired) electrons. The number of carbonyl (C=O) groups is 3. The van der Waals surface area contributed by atoms with Crippen molar-refractivity contribution in [2.75, 3.05) is 6.61 Å². The van der Waals surface area contributed by atoms with Crippen LogP contribution < -0.4 is 0 Å². The van der Waals surface area contributed by atoms with E-state index in [-0.39, 0.29) is 29.0 Å². The summed E-state index contributed by atoms with van der Waals surface area (Å²) >= 11 is 7.16. The zero-order chi connectivity index (χ0) is 19.8. The average molecular weight is 395 g/mol. The lowest BCUT2D eigenvalue weighted by molar-refractivity contribution is -0.143. The van der Waals surface area contributed by atoms with Crippen LogP contribution in [0.1, 0.15) is 39.5 Å². The SMILES string of the molecule is C[C@]12CC[C@@]3(Cl)[C@@H](C=CC4=CC(=O)C(F)C(=O)[C@@]43C)[C@@H]1CC[C@@H]2C(=O)CO. The van der Waals surface area contributed by atoms with Crippen LogP contribution >= 0.6 is 11.6 Å². The van der Waals surface area contributed by atoms with Gasteiger partial charge in [-0.05, 0) is 55.6 Å². The van der Waals surface area contributed by atoms with Gasteiger partial charge in [0.05, 0.1) is 10.3 Å². The Bertz CT molecular complexity index is 804. The van der Waals surface area contributed by atoms with Crippen LogP contribution in [0.5, 0.6) is 0 Å². The second-order valence-electron chi connectivity index (χ2n) is 8.97. The van der Waals surface area contributed by atoms with E-state index in [1.165, 1.54) is 6.08 Å². The summed E-state index contributed by atoms with van der Waals surface area (Å²) in [5.74, 6) is -2.05. The molecule has 0 saturated heterocycles. The van der Waals surface area contributed by atoms with E-state index in [1.54, 1.807) is 13.0 Å². The van der Waals surface area contributed by atoms with Crippen molar-refractivity contribution >= 4 is 29.0 Å². The molecule has 0 heterocycles. The Morgan fingerprint density at radius 2 is 2.00 bits per heavy atom.